The summed E-state index contributed by atoms with van der Waals surface area (Å²) in [6.07, 6.45) is 2.41. The maximum Gasteiger partial charge on any atom is 0.258 e. The molecule has 0 unspecified atom stereocenters. The fraction of sp³-hybridized carbons (Fsp3) is 0.222. The zero-order valence-electron chi connectivity index (χ0n) is 14.5. The minimum absolute atomic E-state index is 0.0917. The largest absolute Gasteiger partial charge is 0.507 e. The van der Waals surface area contributed by atoms with E-state index in [4.69, 9.17) is 11.6 Å². The predicted molar refractivity (Wildman–Crippen MR) is 110 cm³/mol. The van der Waals surface area contributed by atoms with Crippen LogP contribution in [0.2, 0.25) is 5.02 Å². The van der Waals surface area contributed by atoms with Crippen LogP contribution in [0.1, 0.15) is 18.4 Å². The van der Waals surface area contributed by atoms with Gasteiger partial charge < -0.3 is 5.11 Å². The molecule has 1 aliphatic rings. The highest BCUT2D eigenvalue weighted by Gasteiger charge is 2.39. The Kier molecular flexibility index (Phi) is 6.39. The van der Waals surface area contributed by atoms with E-state index in [1.54, 1.807) is 12.1 Å². The number of aromatic hydroxyl groups is 1. The highest BCUT2D eigenvalue weighted by Crippen LogP contribution is 2.27. The van der Waals surface area contributed by atoms with Crippen LogP contribution in [-0.4, -0.2) is 42.5 Å². The first-order chi connectivity index (χ1) is 13.3. The van der Waals surface area contributed by atoms with Crippen molar-refractivity contribution in [3.8, 4) is 5.75 Å². The summed E-state index contributed by atoms with van der Waals surface area (Å²) in [5.74, 6) is -0.403. The van der Waals surface area contributed by atoms with Gasteiger partial charge in [0.25, 0.3) is 5.91 Å². The number of carbonyl (C=O) groups is 1. The third-order valence-corrected chi connectivity index (χ3v) is 7.10. The molecule has 1 amide bonds. The first-order valence-electron chi connectivity index (χ1n) is 8.38. The molecule has 10 heteroatoms. The summed E-state index contributed by atoms with van der Waals surface area (Å²) < 4.78 is 27.4. The molecule has 7 nitrogen and oxygen atoms in total. The van der Waals surface area contributed by atoms with Crippen LogP contribution in [-0.2, 0) is 14.8 Å². The van der Waals surface area contributed by atoms with Crippen molar-refractivity contribution in [2.75, 3.05) is 6.54 Å². The van der Waals surface area contributed by atoms with Gasteiger partial charge in [-0.1, -0.05) is 11.6 Å². The molecule has 28 heavy (non-hydrogen) atoms. The van der Waals surface area contributed by atoms with Gasteiger partial charge in [0.1, 0.15) is 11.8 Å². The molecule has 0 aliphatic carbocycles. The molecular formula is C18H17BrClN3O4S. The smallest absolute Gasteiger partial charge is 0.258 e. The van der Waals surface area contributed by atoms with Gasteiger partial charge in [0.15, 0.2) is 0 Å². The zero-order chi connectivity index (χ0) is 20.3. The molecule has 0 aromatic heterocycles. The highest BCUT2D eigenvalue weighted by atomic mass is 79.9. The molecular weight excluding hydrogens is 470 g/mol. The molecule has 0 spiro atoms. The lowest BCUT2D eigenvalue weighted by molar-refractivity contribution is -0.124. The van der Waals surface area contributed by atoms with Crippen molar-refractivity contribution in [2.45, 2.75) is 23.8 Å². The van der Waals surface area contributed by atoms with Crippen LogP contribution < -0.4 is 5.43 Å². The summed E-state index contributed by atoms with van der Waals surface area (Å²) in [6.45, 7) is 0.262. The first-order valence-corrected chi connectivity index (χ1v) is 11.0. The number of halogens is 2. The predicted octanol–water partition coefficient (Wildman–Crippen LogP) is 3.11. The summed E-state index contributed by atoms with van der Waals surface area (Å²) in [5, 5.41) is 13.8. The standard InChI is InChI=1S/C18H17BrClN3O4S/c19-15-10-12(3-8-17(15)24)11-21-22-18(25)16-2-1-9-23(16)28(26,27)14-6-4-13(20)5-7-14/h3-8,10-11,16,24H,1-2,9H2,(H,22,25)/b21-11-/t16-/m1/s1. The van der Waals surface area contributed by atoms with Crippen LogP contribution in [0.4, 0.5) is 0 Å². The van der Waals surface area contributed by atoms with Gasteiger partial charge in [-0.05, 0) is 76.8 Å². The van der Waals surface area contributed by atoms with Crippen molar-refractivity contribution in [1.82, 2.24) is 9.73 Å². The Morgan fingerprint density at radius 2 is 2.00 bits per heavy atom. The van der Waals surface area contributed by atoms with Crippen molar-refractivity contribution in [1.29, 1.82) is 0 Å². The molecule has 1 fully saturated rings. The molecule has 1 saturated heterocycles. The van der Waals surface area contributed by atoms with Crippen molar-refractivity contribution in [3.63, 3.8) is 0 Å². The van der Waals surface area contributed by atoms with Gasteiger partial charge in [0.05, 0.1) is 15.6 Å². The summed E-state index contributed by atoms with van der Waals surface area (Å²) >= 11 is 9.02. The molecule has 0 radical (unpaired) electrons. The van der Waals surface area contributed by atoms with Gasteiger partial charge in [0, 0.05) is 11.6 Å². The SMILES string of the molecule is O=C(N/N=C\c1ccc(O)c(Br)c1)[C@H]1CCCN1S(=O)(=O)c1ccc(Cl)cc1. The number of phenolic OH excluding ortho intramolecular Hbond substituents is 1. The van der Waals surface area contributed by atoms with E-state index in [-0.39, 0.29) is 17.2 Å². The van der Waals surface area contributed by atoms with Crippen molar-refractivity contribution >= 4 is 49.7 Å². The Labute approximate surface area is 176 Å². The van der Waals surface area contributed by atoms with Crippen LogP contribution in [0.5, 0.6) is 5.75 Å². The fourth-order valence-electron chi connectivity index (χ4n) is 2.88. The van der Waals surface area contributed by atoms with E-state index in [1.165, 1.54) is 40.9 Å². The molecule has 0 saturated carbocycles. The van der Waals surface area contributed by atoms with E-state index in [0.717, 1.165) is 0 Å². The van der Waals surface area contributed by atoms with Gasteiger partial charge in [-0.3, -0.25) is 4.79 Å². The van der Waals surface area contributed by atoms with E-state index < -0.39 is 22.0 Å². The third-order valence-electron chi connectivity index (χ3n) is 4.29. The highest BCUT2D eigenvalue weighted by molar-refractivity contribution is 9.10. The van der Waals surface area contributed by atoms with Gasteiger partial charge >= 0.3 is 0 Å². The van der Waals surface area contributed by atoms with Crippen molar-refractivity contribution in [2.24, 2.45) is 5.10 Å². The minimum Gasteiger partial charge on any atom is -0.507 e. The quantitative estimate of drug-likeness (QED) is 0.501. The number of hydrogen-bond acceptors (Lipinski definition) is 5. The maximum atomic E-state index is 12.9. The second-order valence-electron chi connectivity index (χ2n) is 6.17. The molecule has 3 rings (SSSR count). The molecule has 148 valence electrons. The molecule has 1 heterocycles. The van der Waals surface area contributed by atoms with Gasteiger partial charge in [-0.25, -0.2) is 13.8 Å². The zero-order valence-corrected chi connectivity index (χ0v) is 17.7. The Bertz CT molecular complexity index is 1010. The van der Waals surface area contributed by atoms with E-state index in [9.17, 15) is 18.3 Å². The second-order valence-corrected chi connectivity index (χ2v) is 9.35. The average Bonchev–Trinajstić information content (AvgIpc) is 3.16. The van der Waals surface area contributed by atoms with E-state index in [2.05, 4.69) is 26.5 Å². The Morgan fingerprint density at radius 3 is 2.68 bits per heavy atom. The summed E-state index contributed by atoms with van der Waals surface area (Å²) in [5.41, 5.74) is 3.05. The lowest BCUT2D eigenvalue weighted by Gasteiger charge is -2.22. The molecule has 1 atom stereocenters. The average molecular weight is 487 g/mol. The first kappa shape index (κ1) is 20.8. The maximum absolute atomic E-state index is 12.9. The number of hydrogen-bond donors (Lipinski definition) is 2. The lowest BCUT2D eigenvalue weighted by Crippen LogP contribution is -2.44. The van der Waals surface area contributed by atoms with Crippen LogP contribution >= 0.6 is 27.5 Å². The topological polar surface area (TPSA) is 99.1 Å². The van der Waals surface area contributed by atoms with Crippen LogP contribution in [0, 0.1) is 0 Å². The van der Waals surface area contributed by atoms with Crippen molar-refractivity contribution in [3.05, 3.63) is 57.5 Å². The summed E-state index contributed by atoms with van der Waals surface area (Å²) in [7, 11) is -3.81. The van der Waals surface area contributed by atoms with Gasteiger partial charge in [-0.2, -0.15) is 9.41 Å². The number of benzene rings is 2. The number of hydrazone groups is 1. The Hall–Kier alpha value is -1.94. The number of nitrogens with one attached hydrogen (secondary N) is 1. The number of amides is 1. The monoisotopic (exact) mass is 485 g/mol. The molecule has 2 N–H and O–H groups in total. The van der Waals surface area contributed by atoms with E-state index >= 15 is 0 Å². The normalized spacial score (nSPS) is 17.9. The fourth-order valence-corrected chi connectivity index (χ4v) is 5.06. The number of nitrogens with zero attached hydrogens (tertiary/aromatic N) is 2. The summed E-state index contributed by atoms with van der Waals surface area (Å²) in [6, 6.07) is 9.77. The second kappa shape index (κ2) is 8.60. The van der Waals surface area contributed by atoms with E-state index in [1.807, 2.05) is 0 Å². The minimum atomic E-state index is -3.81. The molecule has 0 bridgehead atoms. The summed E-state index contributed by atoms with van der Waals surface area (Å²) in [4.78, 5) is 12.6. The van der Waals surface area contributed by atoms with Crippen molar-refractivity contribution < 1.29 is 18.3 Å². The van der Waals surface area contributed by atoms with Gasteiger partial charge in [0.2, 0.25) is 10.0 Å². The Morgan fingerprint density at radius 1 is 1.29 bits per heavy atom. The van der Waals surface area contributed by atoms with E-state index in [0.29, 0.717) is 27.9 Å². The van der Waals surface area contributed by atoms with Gasteiger partial charge in [-0.15, -0.1) is 0 Å². The number of carbonyl (C=O) groups excluding carboxylic acids is 1. The third kappa shape index (κ3) is 4.54. The van der Waals surface area contributed by atoms with Crippen LogP contribution in [0.25, 0.3) is 0 Å². The number of sulfonamides is 1. The number of phenols is 1. The Balaban J connectivity index is 1.71. The van der Waals surface area contributed by atoms with Crippen LogP contribution in [0.3, 0.4) is 0 Å². The molecule has 2 aromatic rings. The van der Waals surface area contributed by atoms with Crippen LogP contribution in [0.15, 0.2) is 56.9 Å². The molecule has 1 aliphatic heterocycles. The number of rotatable bonds is 5. The lowest BCUT2D eigenvalue weighted by atomic mass is 10.2. The molecule has 2 aromatic carbocycles.